The molecule has 0 saturated carbocycles. The summed E-state index contributed by atoms with van der Waals surface area (Å²) in [6.07, 6.45) is -3.56. The van der Waals surface area contributed by atoms with Gasteiger partial charge < -0.3 is 14.1 Å². The molecule has 1 aromatic heterocycles. The fourth-order valence-corrected chi connectivity index (χ4v) is 5.01. The van der Waals surface area contributed by atoms with E-state index in [1.807, 2.05) is 11.8 Å². The summed E-state index contributed by atoms with van der Waals surface area (Å²) >= 11 is 0. The predicted molar refractivity (Wildman–Crippen MR) is 111 cm³/mol. The molecular formula is C22H24F2N4O5. The van der Waals surface area contributed by atoms with Gasteiger partial charge >= 0.3 is 6.43 Å². The zero-order chi connectivity index (χ0) is 24.1. The van der Waals surface area contributed by atoms with Crippen LogP contribution in [0.4, 0.5) is 14.5 Å². The van der Waals surface area contributed by atoms with E-state index in [9.17, 15) is 23.2 Å². The lowest BCUT2D eigenvalue weighted by molar-refractivity contribution is -0.151. The molecule has 33 heavy (non-hydrogen) atoms. The van der Waals surface area contributed by atoms with E-state index in [-0.39, 0.29) is 18.4 Å². The van der Waals surface area contributed by atoms with E-state index in [0.717, 1.165) is 5.69 Å². The molecule has 1 saturated heterocycles. The van der Waals surface area contributed by atoms with Crippen LogP contribution in [0.5, 0.6) is 0 Å². The minimum absolute atomic E-state index is 0.0102. The van der Waals surface area contributed by atoms with E-state index in [0.29, 0.717) is 17.7 Å². The molecule has 0 spiro atoms. The fourth-order valence-electron chi connectivity index (χ4n) is 5.01. The highest BCUT2D eigenvalue weighted by molar-refractivity contribution is 6.11. The summed E-state index contributed by atoms with van der Waals surface area (Å²) < 4.78 is 36.8. The highest BCUT2D eigenvalue weighted by atomic mass is 19.3. The Labute approximate surface area is 188 Å². The van der Waals surface area contributed by atoms with Gasteiger partial charge in [-0.2, -0.15) is 8.78 Å². The van der Waals surface area contributed by atoms with Gasteiger partial charge in [0.05, 0.1) is 18.2 Å². The average molecular weight is 462 g/mol. The Morgan fingerprint density at radius 1 is 1.21 bits per heavy atom. The van der Waals surface area contributed by atoms with E-state index in [4.69, 9.17) is 9.15 Å². The van der Waals surface area contributed by atoms with Gasteiger partial charge in [-0.05, 0) is 51.0 Å². The molecular weight excluding hydrogens is 438 g/mol. The molecule has 0 radical (unpaired) electrons. The SMILES string of the molecule is CC(=O)NC(=O)[C@]1(C(C)=O)Cc2cc(-c3nnc(C(F)F)o3)ccc2N2C[C@@H](C)O[C@@H](C)[C@@H]21. The van der Waals surface area contributed by atoms with Crippen LogP contribution in [0.2, 0.25) is 0 Å². The number of ether oxygens (including phenoxy) is 1. The Kier molecular flexibility index (Phi) is 5.77. The van der Waals surface area contributed by atoms with Crippen LogP contribution in [0.3, 0.4) is 0 Å². The van der Waals surface area contributed by atoms with Gasteiger partial charge in [0, 0.05) is 24.7 Å². The van der Waals surface area contributed by atoms with Crippen molar-refractivity contribution in [1.29, 1.82) is 0 Å². The Hall–Kier alpha value is -3.21. The number of benzene rings is 1. The number of fused-ring (bicyclic) bond motifs is 3. The number of amides is 2. The van der Waals surface area contributed by atoms with Gasteiger partial charge in [0.2, 0.25) is 17.7 Å². The third-order valence-electron chi connectivity index (χ3n) is 6.24. The molecule has 2 aromatic rings. The largest absolute Gasteiger partial charge is 0.415 e. The second kappa shape index (κ2) is 8.29. The van der Waals surface area contributed by atoms with E-state index >= 15 is 0 Å². The number of hydrogen-bond acceptors (Lipinski definition) is 8. The molecule has 3 heterocycles. The molecule has 2 amide bonds. The van der Waals surface area contributed by atoms with E-state index in [1.165, 1.54) is 13.8 Å². The number of aromatic nitrogens is 2. The summed E-state index contributed by atoms with van der Waals surface area (Å²) in [4.78, 5) is 40.1. The average Bonchev–Trinajstić information content (AvgIpc) is 3.22. The number of hydrogen-bond donors (Lipinski definition) is 1. The Morgan fingerprint density at radius 3 is 2.55 bits per heavy atom. The van der Waals surface area contributed by atoms with Crippen molar-refractivity contribution in [2.75, 3.05) is 11.4 Å². The molecule has 2 aliphatic rings. The van der Waals surface area contributed by atoms with Gasteiger partial charge in [-0.25, -0.2) is 0 Å². The van der Waals surface area contributed by atoms with Crippen LogP contribution in [0.1, 0.15) is 45.6 Å². The lowest BCUT2D eigenvalue weighted by Gasteiger charge is -2.54. The number of rotatable bonds is 4. The normalized spacial score (nSPS) is 26.5. The summed E-state index contributed by atoms with van der Waals surface area (Å²) in [5.41, 5.74) is 0.188. The Bertz CT molecular complexity index is 1120. The third-order valence-corrected chi connectivity index (χ3v) is 6.24. The molecule has 4 atom stereocenters. The topological polar surface area (TPSA) is 115 Å². The van der Waals surface area contributed by atoms with Gasteiger partial charge in [0.1, 0.15) is 11.2 Å². The number of morpholine rings is 1. The Morgan fingerprint density at radius 2 is 1.94 bits per heavy atom. The maximum Gasteiger partial charge on any atom is 0.314 e. The van der Waals surface area contributed by atoms with Crippen molar-refractivity contribution < 1.29 is 32.3 Å². The van der Waals surface area contributed by atoms with Crippen molar-refractivity contribution in [3.05, 3.63) is 29.7 Å². The van der Waals surface area contributed by atoms with Crippen LogP contribution in [0.25, 0.3) is 11.5 Å². The van der Waals surface area contributed by atoms with Crippen LogP contribution >= 0.6 is 0 Å². The second-order valence-corrected chi connectivity index (χ2v) is 8.55. The van der Waals surface area contributed by atoms with E-state index in [2.05, 4.69) is 15.5 Å². The number of carbonyl (C=O) groups is 3. The monoisotopic (exact) mass is 462 g/mol. The summed E-state index contributed by atoms with van der Waals surface area (Å²) in [6, 6.07) is 4.46. The van der Waals surface area contributed by atoms with Crippen LogP contribution in [-0.4, -0.2) is 52.6 Å². The number of Topliss-reactive ketones (excluding diaryl/α,β-unsaturated/α-hetero) is 1. The van der Waals surface area contributed by atoms with Gasteiger partial charge in [0.15, 0.2) is 0 Å². The highest BCUT2D eigenvalue weighted by Gasteiger charge is 2.59. The predicted octanol–water partition coefficient (Wildman–Crippen LogP) is 2.45. The lowest BCUT2D eigenvalue weighted by Crippen LogP contribution is -2.69. The number of halogens is 2. The number of anilines is 1. The zero-order valence-corrected chi connectivity index (χ0v) is 18.6. The molecule has 2 aliphatic heterocycles. The first-order valence-electron chi connectivity index (χ1n) is 10.5. The molecule has 1 aromatic carbocycles. The number of nitrogens with one attached hydrogen (secondary N) is 1. The molecule has 9 nitrogen and oxygen atoms in total. The maximum absolute atomic E-state index is 13.3. The molecule has 0 unspecified atom stereocenters. The number of alkyl halides is 2. The van der Waals surface area contributed by atoms with Crippen molar-refractivity contribution >= 4 is 23.3 Å². The molecule has 176 valence electrons. The number of ketones is 1. The first-order chi connectivity index (χ1) is 15.5. The van der Waals surface area contributed by atoms with Gasteiger partial charge in [-0.15, -0.1) is 10.2 Å². The smallest absolute Gasteiger partial charge is 0.314 e. The fraction of sp³-hybridized carbons (Fsp3) is 0.500. The summed E-state index contributed by atoms with van der Waals surface area (Å²) in [5, 5.41) is 9.33. The molecule has 11 heteroatoms. The van der Waals surface area contributed by atoms with Gasteiger partial charge in [-0.1, -0.05) is 0 Å². The summed E-state index contributed by atoms with van der Waals surface area (Å²) in [7, 11) is 0. The molecule has 0 aliphatic carbocycles. The van der Waals surface area contributed by atoms with Crippen molar-refractivity contribution in [3.63, 3.8) is 0 Å². The lowest BCUT2D eigenvalue weighted by atomic mass is 9.65. The van der Waals surface area contributed by atoms with Crippen molar-refractivity contribution in [2.24, 2.45) is 5.41 Å². The van der Waals surface area contributed by atoms with E-state index in [1.54, 1.807) is 25.1 Å². The first kappa shape index (κ1) is 23.0. The minimum Gasteiger partial charge on any atom is -0.415 e. The van der Waals surface area contributed by atoms with Crippen LogP contribution in [0, 0.1) is 5.41 Å². The second-order valence-electron chi connectivity index (χ2n) is 8.55. The van der Waals surface area contributed by atoms with Crippen LogP contribution in [0.15, 0.2) is 22.6 Å². The number of nitrogens with zero attached hydrogens (tertiary/aromatic N) is 3. The molecule has 4 rings (SSSR count). The molecule has 1 fully saturated rings. The summed E-state index contributed by atoms with van der Waals surface area (Å²) in [5.74, 6) is -2.57. The van der Waals surface area contributed by atoms with Crippen molar-refractivity contribution in [1.82, 2.24) is 15.5 Å². The summed E-state index contributed by atoms with van der Waals surface area (Å²) in [6.45, 7) is 6.64. The van der Waals surface area contributed by atoms with E-state index < -0.39 is 47.5 Å². The first-order valence-corrected chi connectivity index (χ1v) is 10.5. The standard InChI is InChI=1S/C22H24F2N4O5/c1-10-9-28-16-6-5-14(19-26-27-20(33-19)18(23)24)7-15(16)8-22(12(3)29,17(28)11(2)32-10)21(31)25-13(4)30/h5-7,10-11,17-18H,8-9H2,1-4H3,(H,25,30,31)/t10-,11+,17-,22+/m1/s1. The van der Waals surface area contributed by atoms with Gasteiger partial charge in [-0.3, -0.25) is 19.7 Å². The minimum atomic E-state index is -2.90. The van der Waals surface area contributed by atoms with Gasteiger partial charge in [0.25, 0.3) is 5.89 Å². The zero-order valence-electron chi connectivity index (χ0n) is 18.6. The molecule has 1 N–H and O–H groups in total. The highest BCUT2D eigenvalue weighted by Crippen LogP contribution is 2.47. The van der Waals surface area contributed by atoms with Crippen molar-refractivity contribution in [3.8, 4) is 11.5 Å². The third kappa shape index (κ3) is 3.79. The van der Waals surface area contributed by atoms with Crippen molar-refractivity contribution in [2.45, 2.75) is 58.8 Å². The quantitative estimate of drug-likeness (QED) is 0.689. The number of imide groups is 1. The number of carbonyl (C=O) groups excluding carboxylic acids is 3. The van der Waals surface area contributed by atoms with Crippen LogP contribution in [-0.2, 0) is 25.5 Å². The van der Waals surface area contributed by atoms with Crippen LogP contribution < -0.4 is 10.2 Å². The molecule has 0 bridgehead atoms. The Balaban J connectivity index is 1.86. The maximum atomic E-state index is 13.3.